The van der Waals surface area contributed by atoms with Gasteiger partial charge in [-0.2, -0.15) is 0 Å². The van der Waals surface area contributed by atoms with Crippen LogP contribution in [0.1, 0.15) is 39.1 Å². The lowest BCUT2D eigenvalue weighted by molar-refractivity contribution is -0.130. The van der Waals surface area contributed by atoms with E-state index in [2.05, 4.69) is 4.98 Å². The van der Waals surface area contributed by atoms with Crippen LogP contribution < -0.4 is 0 Å². The molecule has 0 spiro atoms. The van der Waals surface area contributed by atoms with E-state index < -0.39 is 11.7 Å². The van der Waals surface area contributed by atoms with E-state index >= 15 is 0 Å². The quantitative estimate of drug-likeness (QED) is 0.451. The molecule has 2 aliphatic heterocycles. The fraction of sp³-hybridized carbons (Fsp3) is 0.370. The molecule has 182 valence electrons. The van der Waals surface area contributed by atoms with Gasteiger partial charge >= 0.3 is 0 Å². The molecule has 2 aromatic carbocycles. The van der Waals surface area contributed by atoms with Crippen molar-refractivity contribution in [2.45, 2.75) is 19.3 Å². The Morgan fingerprint density at radius 3 is 2.37 bits per heavy atom. The number of rotatable bonds is 5. The smallest absolute Gasteiger partial charge is 0.295 e. The molecule has 3 aromatic rings. The molecule has 0 radical (unpaired) electrons. The maximum atomic E-state index is 13.3. The summed E-state index contributed by atoms with van der Waals surface area (Å²) in [5.74, 6) is -0.985. The first-order valence-electron chi connectivity index (χ1n) is 12.1. The highest BCUT2D eigenvalue weighted by atomic mass is 19.1. The zero-order valence-electron chi connectivity index (χ0n) is 19.5. The largest absolute Gasteiger partial charge is 0.378 e. The summed E-state index contributed by atoms with van der Waals surface area (Å²) in [4.78, 5) is 45.3. The Hall–Kier alpha value is -3.52. The standard InChI is InChI=1S/C27H28FN3O4/c28-21-4-1-18(2-5-21)15-19-7-9-30(10-8-19)26(33)23-17-29-24-6-3-20(16-22(23)24)25(32)27(34)31-11-13-35-14-12-31/h1-6,16-17,19,29H,7-15H2. The number of piperidine rings is 1. The predicted molar refractivity (Wildman–Crippen MR) is 129 cm³/mol. The molecule has 0 unspecified atom stereocenters. The maximum Gasteiger partial charge on any atom is 0.295 e. The van der Waals surface area contributed by atoms with Crippen molar-refractivity contribution in [3.8, 4) is 0 Å². The topological polar surface area (TPSA) is 82.7 Å². The number of hydrogen-bond donors (Lipinski definition) is 1. The van der Waals surface area contributed by atoms with Crippen molar-refractivity contribution in [1.82, 2.24) is 14.8 Å². The number of carbonyl (C=O) groups is 3. The molecule has 0 saturated carbocycles. The van der Waals surface area contributed by atoms with Crippen LogP contribution in [0.4, 0.5) is 4.39 Å². The van der Waals surface area contributed by atoms with E-state index in [4.69, 9.17) is 4.74 Å². The number of carbonyl (C=O) groups excluding carboxylic acids is 3. The van der Waals surface area contributed by atoms with Gasteiger partial charge in [0.15, 0.2) is 0 Å². The van der Waals surface area contributed by atoms with Crippen molar-refractivity contribution in [1.29, 1.82) is 0 Å². The van der Waals surface area contributed by atoms with Gasteiger partial charge in [-0.1, -0.05) is 12.1 Å². The molecule has 0 atom stereocenters. The molecular weight excluding hydrogens is 449 g/mol. The Labute approximate surface area is 202 Å². The molecule has 0 aliphatic carbocycles. The van der Waals surface area contributed by atoms with Gasteiger partial charge in [-0.25, -0.2) is 4.39 Å². The molecule has 3 heterocycles. The third-order valence-corrected chi connectivity index (χ3v) is 7.01. The van der Waals surface area contributed by atoms with Gasteiger partial charge in [-0.15, -0.1) is 0 Å². The summed E-state index contributed by atoms with van der Waals surface area (Å²) < 4.78 is 18.4. The summed E-state index contributed by atoms with van der Waals surface area (Å²) in [6, 6.07) is 11.6. The van der Waals surface area contributed by atoms with Gasteiger partial charge in [0.05, 0.1) is 18.8 Å². The number of halogens is 1. The minimum Gasteiger partial charge on any atom is -0.378 e. The first-order valence-corrected chi connectivity index (χ1v) is 12.1. The first-order chi connectivity index (χ1) is 17.0. The molecule has 2 fully saturated rings. The zero-order valence-corrected chi connectivity index (χ0v) is 19.5. The Balaban J connectivity index is 1.26. The molecule has 2 amide bonds. The number of benzene rings is 2. The summed E-state index contributed by atoms with van der Waals surface area (Å²) >= 11 is 0. The van der Waals surface area contributed by atoms with Crippen molar-refractivity contribution >= 4 is 28.5 Å². The van der Waals surface area contributed by atoms with Crippen LogP contribution in [0.5, 0.6) is 0 Å². The number of aromatic nitrogens is 1. The summed E-state index contributed by atoms with van der Waals surface area (Å²) in [5, 5.41) is 0.643. The molecule has 0 bridgehead atoms. The van der Waals surface area contributed by atoms with Gasteiger partial charge in [0, 0.05) is 48.8 Å². The van der Waals surface area contributed by atoms with E-state index in [1.54, 1.807) is 24.4 Å². The number of amides is 2. The summed E-state index contributed by atoms with van der Waals surface area (Å²) in [5.41, 5.74) is 2.64. The van der Waals surface area contributed by atoms with E-state index in [0.717, 1.165) is 30.3 Å². The van der Waals surface area contributed by atoms with Crippen molar-refractivity contribution in [2.75, 3.05) is 39.4 Å². The SMILES string of the molecule is O=C(C(=O)N1CCOCC1)c1ccc2[nH]cc(C(=O)N3CCC(Cc4ccc(F)cc4)CC3)c2c1. The van der Waals surface area contributed by atoms with Crippen LogP contribution in [0.25, 0.3) is 10.9 Å². The summed E-state index contributed by atoms with van der Waals surface area (Å²) in [6.07, 6.45) is 4.31. The molecule has 5 rings (SSSR count). The van der Waals surface area contributed by atoms with E-state index in [-0.39, 0.29) is 17.3 Å². The maximum absolute atomic E-state index is 13.3. The number of nitrogens with one attached hydrogen (secondary N) is 1. The highest BCUT2D eigenvalue weighted by Crippen LogP contribution is 2.26. The van der Waals surface area contributed by atoms with Crippen molar-refractivity contribution < 1.29 is 23.5 Å². The highest BCUT2D eigenvalue weighted by Gasteiger charge is 2.28. The lowest BCUT2D eigenvalue weighted by atomic mass is 9.90. The van der Waals surface area contributed by atoms with Crippen LogP contribution in [-0.2, 0) is 16.0 Å². The second kappa shape index (κ2) is 10.00. The molecule has 1 N–H and O–H groups in total. The molecule has 1 aromatic heterocycles. The number of morpholine rings is 1. The molecule has 8 heteroatoms. The average Bonchev–Trinajstić information content (AvgIpc) is 3.33. The molecule has 35 heavy (non-hydrogen) atoms. The van der Waals surface area contributed by atoms with Crippen LogP contribution >= 0.6 is 0 Å². The van der Waals surface area contributed by atoms with Gasteiger partial charge in [0.2, 0.25) is 5.78 Å². The van der Waals surface area contributed by atoms with Gasteiger partial charge in [0.25, 0.3) is 11.8 Å². The zero-order chi connectivity index (χ0) is 24.4. The van der Waals surface area contributed by atoms with Gasteiger partial charge in [0.1, 0.15) is 5.82 Å². The third-order valence-electron chi connectivity index (χ3n) is 7.01. The van der Waals surface area contributed by atoms with Crippen molar-refractivity contribution in [2.24, 2.45) is 5.92 Å². The monoisotopic (exact) mass is 477 g/mol. The first kappa shape index (κ1) is 23.2. The minimum absolute atomic E-state index is 0.0828. The van der Waals surface area contributed by atoms with Crippen LogP contribution in [0.2, 0.25) is 0 Å². The number of H-pyrrole nitrogens is 1. The van der Waals surface area contributed by atoms with E-state index in [1.165, 1.54) is 17.0 Å². The summed E-state index contributed by atoms with van der Waals surface area (Å²) in [7, 11) is 0. The normalized spacial score (nSPS) is 17.1. The number of ketones is 1. The van der Waals surface area contributed by atoms with Crippen LogP contribution in [0, 0.1) is 11.7 Å². The molecule has 2 saturated heterocycles. The third kappa shape index (κ3) is 4.98. The van der Waals surface area contributed by atoms with Crippen LogP contribution in [0.15, 0.2) is 48.7 Å². The van der Waals surface area contributed by atoms with E-state index in [9.17, 15) is 18.8 Å². The van der Waals surface area contributed by atoms with Gasteiger partial charge in [-0.05, 0) is 61.1 Å². The fourth-order valence-electron chi connectivity index (χ4n) is 4.94. The number of likely N-dealkylation sites (tertiary alicyclic amines) is 1. The van der Waals surface area contributed by atoms with Crippen LogP contribution in [0.3, 0.4) is 0 Å². The molecule has 2 aliphatic rings. The number of nitrogens with zero attached hydrogens (tertiary/aromatic N) is 2. The lowest BCUT2D eigenvalue weighted by Crippen LogP contribution is -2.44. The Morgan fingerprint density at radius 2 is 1.66 bits per heavy atom. The number of Topliss-reactive ketones (excluding diaryl/α,β-unsaturated/α-hetero) is 1. The van der Waals surface area contributed by atoms with Crippen molar-refractivity contribution in [3.63, 3.8) is 0 Å². The summed E-state index contributed by atoms with van der Waals surface area (Å²) in [6.45, 7) is 2.94. The second-order valence-corrected chi connectivity index (χ2v) is 9.26. The second-order valence-electron chi connectivity index (χ2n) is 9.26. The highest BCUT2D eigenvalue weighted by molar-refractivity contribution is 6.43. The number of hydrogen-bond acceptors (Lipinski definition) is 4. The van der Waals surface area contributed by atoms with E-state index in [1.807, 2.05) is 17.0 Å². The fourth-order valence-corrected chi connectivity index (χ4v) is 4.94. The number of ether oxygens (including phenoxy) is 1. The number of aromatic amines is 1. The van der Waals surface area contributed by atoms with E-state index in [0.29, 0.717) is 56.3 Å². The number of fused-ring (bicyclic) bond motifs is 1. The Bertz CT molecular complexity index is 1240. The Kier molecular flexibility index (Phi) is 6.63. The molecule has 7 nitrogen and oxygen atoms in total. The van der Waals surface area contributed by atoms with Gasteiger partial charge in [-0.3, -0.25) is 14.4 Å². The van der Waals surface area contributed by atoms with Gasteiger partial charge < -0.3 is 19.5 Å². The Morgan fingerprint density at radius 1 is 0.943 bits per heavy atom. The average molecular weight is 478 g/mol. The lowest BCUT2D eigenvalue weighted by Gasteiger charge is -2.32. The van der Waals surface area contributed by atoms with Crippen molar-refractivity contribution in [3.05, 3.63) is 71.2 Å². The predicted octanol–water partition coefficient (Wildman–Crippen LogP) is 3.44. The molecular formula is C27H28FN3O4. The minimum atomic E-state index is -0.574. The van der Waals surface area contributed by atoms with Crippen LogP contribution in [-0.4, -0.2) is 71.8 Å².